The quantitative estimate of drug-likeness (QED) is 0.0427. The summed E-state index contributed by atoms with van der Waals surface area (Å²) >= 11 is 3.68. The van der Waals surface area contributed by atoms with E-state index in [2.05, 4.69) is 57.7 Å². The highest BCUT2D eigenvalue weighted by Crippen LogP contribution is 2.46. The van der Waals surface area contributed by atoms with E-state index in [0.717, 1.165) is 29.4 Å². The molecule has 0 radical (unpaired) electrons. The largest absolute Gasteiger partial charge is 0.415 e. The van der Waals surface area contributed by atoms with Crippen molar-refractivity contribution in [3.8, 4) is 5.75 Å². The highest BCUT2D eigenvalue weighted by atomic mass is 79.9. The Morgan fingerprint density at radius 1 is 0.857 bits per heavy atom. The Morgan fingerprint density at radius 2 is 1.57 bits per heavy atom. The van der Waals surface area contributed by atoms with Gasteiger partial charge in [0.1, 0.15) is 17.5 Å². The van der Waals surface area contributed by atoms with Crippen molar-refractivity contribution in [3.63, 3.8) is 0 Å². The maximum atomic E-state index is 14.4. The van der Waals surface area contributed by atoms with Crippen molar-refractivity contribution in [3.05, 3.63) is 95.7 Å². The third-order valence-corrected chi connectivity index (χ3v) is 13.2. The third-order valence-electron chi connectivity index (χ3n) is 12.4. The lowest BCUT2D eigenvalue weighted by atomic mass is 9.95. The van der Waals surface area contributed by atoms with Crippen LogP contribution in [0.1, 0.15) is 65.9 Å². The summed E-state index contributed by atoms with van der Waals surface area (Å²) in [7, 11) is 2.02. The van der Waals surface area contributed by atoms with Gasteiger partial charge < -0.3 is 56.7 Å². The number of urea groups is 1. The average Bonchev–Trinajstić information content (AvgIpc) is 3.94. The predicted octanol–water partition coefficient (Wildman–Crippen LogP) is 5.08. The van der Waals surface area contributed by atoms with Crippen LogP contribution in [0.25, 0.3) is 21.7 Å². The number of carbonyl (C=O) groups excluding carboxylic acids is 7. The number of nitrogens with zero attached hydrogens (tertiary/aromatic N) is 3. The second-order valence-electron chi connectivity index (χ2n) is 17.8. The number of carbonyl (C=O) groups is 7. The Labute approximate surface area is 414 Å². The van der Waals surface area contributed by atoms with E-state index < -0.39 is 41.9 Å². The van der Waals surface area contributed by atoms with Gasteiger partial charge in [-0.15, -0.1) is 0 Å². The number of alkyl halides is 1. The Balaban J connectivity index is 1.02. The van der Waals surface area contributed by atoms with Gasteiger partial charge in [0.25, 0.3) is 11.8 Å². The van der Waals surface area contributed by atoms with E-state index in [9.17, 15) is 33.6 Å². The second-order valence-corrected chi connectivity index (χ2v) is 18.5. The lowest BCUT2D eigenvalue weighted by Crippen LogP contribution is -2.54. The summed E-state index contributed by atoms with van der Waals surface area (Å²) < 4.78 is 6.07. The fourth-order valence-corrected chi connectivity index (χ4v) is 9.24. The van der Waals surface area contributed by atoms with Crippen molar-refractivity contribution in [1.82, 2.24) is 36.1 Å². The van der Waals surface area contributed by atoms with Crippen molar-refractivity contribution in [1.29, 1.82) is 0 Å². The lowest BCUT2D eigenvalue weighted by Gasteiger charge is -2.31. The SMILES string of the molecule is CCNC(=O)CN[C@H](C(=O)N[C@@H](CCCNC(N)=O)C(=O)Nc1ccc(C(=O)Nc2ccc3[nH]c(C(=O)N4C[C@@H](CBr)c5c4cc(OC(=O)N4CCN(C)CC4)c4ccccc54)cc3c2)cc1)C(C)C. The molecule has 0 spiro atoms. The standard InChI is InChI=1S/C50H60BrN11O8/c1-5-53-42(63)27-55-44(29(2)3)47(66)59-38(11-8-18-54-49(52)68)46(65)56-33-14-12-30(13-15-33)45(64)57-34-16-17-37-31(23-34)24-39(58-37)48(67)62-28-32(26-51)43-36-10-7-6-9-35(36)41(25-40(43)62)70-50(69)61-21-19-60(4)20-22-61/h6-7,9-10,12-17,23-25,29,32,38,44,55,58H,5,8,11,18-22,26-28H2,1-4H3,(H,53,63)(H,56,65)(H,57,64)(H,59,66)(H3,52,54,68)/t32-,38+,44+/m1/s1. The van der Waals surface area contributed by atoms with Crippen molar-refractivity contribution in [2.75, 3.05) is 80.3 Å². The Bertz CT molecular complexity index is 2760. The summed E-state index contributed by atoms with van der Waals surface area (Å²) in [6.07, 6.45) is 0.0651. The molecule has 3 heterocycles. The highest BCUT2D eigenvalue weighted by Gasteiger charge is 2.36. The van der Waals surface area contributed by atoms with Crippen LogP contribution in [0, 0.1) is 5.92 Å². The number of benzene rings is 4. The normalized spacial score (nSPS) is 15.5. The van der Waals surface area contributed by atoms with Crippen LogP contribution in [-0.2, 0) is 14.4 Å². The number of primary amides is 1. The van der Waals surface area contributed by atoms with E-state index in [0.29, 0.717) is 82.9 Å². The van der Waals surface area contributed by atoms with Crippen LogP contribution < -0.4 is 47.3 Å². The van der Waals surface area contributed by atoms with Gasteiger partial charge in [-0.1, -0.05) is 54.0 Å². The molecule has 1 aromatic heterocycles. The number of nitrogens with two attached hydrogens (primary N) is 1. The number of anilines is 3. The molecule has 19 nitrogen and oxygen atoms in total. The molecule has 7 rings (SSSR count). The second kappa shape index (κ2) is 23.1. The third kappa shape index (κ3) is 12.2. The minimum Gasteiger partial charge on any atom is -0.409 e. The number of amides is 8. The smallest absolute Gasteiger partial charge is 0.409 e. The van der Waals surface area contributed by atoms with Gasteiger partial charge in [-0.2, -0.15) is 0 Å². The maximum Gasteiger partial charge on any atom is 0.415 e. The van der Waals surface area contributed by atoms with Gasteiger partial charge in [0.05, 0.1) is 18.3 Å². The van der Waals surface area contributed by atoms with E-state index in [1.807, 2.05) is 45.2 Å². The molecule has 9 N–H and O–H groups in total. The van der Waals surface area contributed by atoms with E-state index >= 15 is 0 Å². The van der Waals surface area contributed by atoms with Gasteiger partial charge in [-0.25, -0.2) is 9.59 Å². The molecule has 0 unspecified atom stereocenters. The van der Waals surface area contributed by atoms with Crippen LogP contribution in [0.2, 0.25) is 0 Å². The van der Waals surface area contributed by atoms with Crippen LogP contribution in [0.15, 0.2) is 78.9 Å². The lowest BCUT2D eigenvalue weighted by molar-refractivity contribution is -0.129. The summed E-state index contributed by atoms with van der Waals surface area (Å²) in [5.74, 6) is -1.78. The van der Waals surface area contributed by atoms with Crippen LogP contribution in [-0.4, -0.2) is 133 Å². The molecule has 1 fully saturated rings. The van der Waals surface area contributed by atoms with Crippen LogP contribution in [0.5, 0.6) is 5.75 Å². The number of piperazine rings is 1. The fraction of sp³-hybridized carbons (Fsp3) is 0.380. The average molecular weight is 1020 g/mol. The topological polar surface area (TPSA) is 252 Å². The number of hydrogen-bond donors (Lipinski definition) is 8. The summed E-state index contributed by atoms with van der Waals surface area (Å²) in [6.45, 7) is 9.00. The zero-order valence-corrected chi connectivity index (χ0v) is 41.2. The minimum atomic E-state index is -1.01. The van der Waals surface area contributed by atoms with E-state index in [-0.39, 0.29) is 43.2 Å². The first-order chi connectivity index (χ1) is 33.6. The zero-order chi connectivity index (χ0) is 50.1. The summed E-state index contributed by atoms with van der Waals surface area (Å²) in [6, 6.07) is 20.3. The van der Waals surface area contributed by atoms with Crippen molar-refractivity contribution < 1.29 is 38.3 Å². The molecule has 370 valence electrons. The number of rotatable bonds is 18. The number of nitrogens with one attached hydrogen (secondary N) is 7. The van der Waals surface area contributed by atoms with Crippen molar-refractivity contribution >= 4 is 96.3 Å². The maximum absolute atomic E-state index is 14.4. The first kappa shape index (κ1) is 50.8. The van der Waals surface area contributed by atoms with Crippen LogP contribution >= 0.6 is 15.9 Å². The molecule has 2 aliphatic rings. The summed E-state index contributed by atoms with van der Waals surface area (Å²) in [5.41, 5.74) is 9.06. The number of H-pyrrole nitrogens is 1. The van der Waals surface area contributed by atoms with Gasteiger partial charge in [0.15, 0.2) is 0 Å². The monoisotopic (exact) mass is 1020 g/mol. The number of hydrogen-bond acceptors (Lipinski definition) is 10. The number of ether oxygens (including phenoxy) is 1. The number of aromatic amines is 1. The summed E-state index contributed by atoms with van der Waals surface area (Å²) in [5, 5.41) is 19.6. The van der Waals surface area contributed by atoms with E-state index in [1.54, 1.807) is 71.3 Å². The molecule has 0 bridgehead atoms. The van der Waals surface area contributed by atoms with Gasteiger partial charge in [-0.3, -0.25) is 29.3 Å². The number of halogens is 1. The first-order valence-electron chi connectivity index (χ1n) is 23.4. The van der Waals surface area contributed by atoms with Crippen LogP contribution in [0.3, 0.4) is 0 Å². The first-order valence-corrected chi connectivity index (χ1v) is 24.5. The number of fused-ring (bicyclic) bond motifs is 4. The van der Waals surface area contributed by atoms with Gasteiger partial charge in [-0.05, 0) is 92.2 Å². The van der Waals surface area contributed by atoms with Gasteiger partial charge >= 0.3 is 12.1 Å². The number of likely N-dealkylation sites (N-methyl/N-ethyl adjacent to an activating group) is 2. The van der Waals surface area contributed by atoms with E-state index in [4.69, 9.17) is 10.5 Å². The molecule has 2 aliphatic heterocycles. The predicted molar refractivity (Wildman–Crippen MR) is 273 cm³/mol. The Kier molecular flexibility index (Phi) is 16.7. The van der Waals surface area contributed by atoms with Gasteiger partial charge in [0.2, 0.25) is 17.7 Å². The van der Waals surface area contributed by atoms with Crippen molar-refractivity contribution in [2.24, 2.45) is 11.7 Å². The van der Waals surface area contributed by atoms with Crippen LogP contribution in [0.4, 0.5) is 26.7 Å². The highest BCUT2D eigenvalue weighted by molar-refractivity contribution is 9.09. The molecule has 8 amide bonds. The molecule has 0 saturated carbocycles. The zero-order valence-electron chi connectivity index (χ0n) is 39.7. The van der Waals surface area contributed by atoms with Gasteiger partial charge in [0, 0.05) is 96.4 Å². The minimum absolute atomic E-state index is 0.0194. The molecular formula is C50H60BrN11O8. The molecule has 0 aliphatic carbocycles. The molecule has 5 aromatic rings. The van der Waals surface area contributed by atoms with E-state index in [1.165, 1.54) is 0 Å². The van der Waals surface area contributed by atoms with Crippen molar-refractivity contribution in [2.45, 2.75) is 51.6 Å². The molecule has 70 heavy (non-hydrogen) atoms. The number of aromatic nitrogens is 1. The Hall–Kier alpha value is -7.03. The molecule has 3 atom stereocenters. The molecule has 20 heteroatoms. The Morgan fingerprint density at radius 3 is 2.26 bits per heavy atom. The molecular weight excluding hydrogens is 963 g/mol. The fourth-order valence-electron chi connectivity index (χ4n) is 8.71. The summed E-state index contributed by atoms with van der Waals surface area (Å²) in [4.78, 5) is 100. The molecule has 1 saturated heterocycles. The molecule has 4 aromatic carbocycles.